The molecule has 0 fully saturated rings. The summed E-state index contributed by atoms with van der Waals surface area (Å²) >= 11 is 0. The van der Waals surface area contributed by atoms with Crippen molar-refractivity contribution < 1.29 is 8.42 Å². The molecule has 2 aromatic heterocycles. The van der Waals surface area contributed by atoms with Crippen LogP contribution in [0.3, 0.4) is 0 Å². The number of hydrogen-bond acceptors (Lipinski definition) is 4. The molecule has 0 unspecified atom stereocenters. The number of aromatic nitrogens is 3. The first kappa shape index (κ1) is 17.4. The Morgan fingerprint density at radius 2 is 1.80 bits per heavy atom. The fourth-order valence-corrected chi connectivity index (χ4v) is 3.21. The van der Waals surface area contributed by atoms with Gasteiger partial charge in [0.15, 0.2) is 5.82 Å². The number of hydrogen-bond donors (Lipinski definition) is 1. The second-order valence-corrected chi connectivity index (χ2v) is 8.13. The van der Waals surface area contributed by atoms with Gasteiger partial charge in [0.1, 0.15) is 5.82 Å². The zero-order valence-corrected chi connectivity index (χ0v) is 15.7. The number of fused-ring (bicyclic) bond motifs is 1. The smallest absolute Gasteiger partial charge is 0.254 e. The van der Waals surface area contributed by atoms with Gasteiger partial charge in [-0.25, -0.2) is 4.98 Å². The van der Waals surface area contributed by atoms with Crippen LogP contribution in [-0.4, -0.2) is 41.6 Å². The van der Waals surface area contributed by atoms with Gasteiger partial charge in [-0.15, -0.1) is 0 Å². The van der Waals surface area contributed by atoms with E-state index in [0.29, 0.717) is 17.3 Å². The lowest BCUT2D eigenvalue weighted by Crippen LogP contribution is -2.29. The van der Waals surface area contributed by atoms with Gasteiger partial charge in [0.25, 0.3) is 0 Å². The molecule has 3 aromatic rings. The van der Waals surface area contributed by atoms with Gasteiger partial charge in [0.2, 0.25) is 0 Å². The lowest BCUT2D eigenvalue weighted by atomic mass is 10.1. The molecular weight excluding hydrogens is 338 g/mol. The van der Waals surface area contributed by atoms with Crippen LogP contribution >= 0.6 is 0 Å². The van der Waals surface area contributed by atoms with Crippen molar-refractivity contribution in [3.05, 3.63) is 47.2 Å². The molecule has 132 valence electrons. The van der Waals surface area contributed by atoms with Crippen molar-refractivity contribution >= 4 is 26.9 Å². The number of aryl methyl sites for hydroxylation is 3. The molecule has 0 aliphatic heterocycles. The second-order valence-electron chi connectivity index (χ2n) is 6.24. The van der Waals surface area contributed by atoms with Crippen molar-refractivity contribution in [1.82, 2.24) is 19.1 Å². The van der Waals surface area contributed by atoms with E-state index in [1.54, 1.807) is 6.07 Å². The average molecular weight is 359 g/mol. The molecule has 0 aliphatic rings. The highest BCUT2D eigenvalue weighted by Crippen LogP contribution is 2.24. The maximum atomic E-state index is 12.2. The predicted octanol–water partition coefficient (Wildman–Crippen LogP) is 2.56. The average Bonchev–Trinajstić information content (AvgIpc) is 2.88. The molecule has 0 bridgehead atoms. The zero-order valence-electron chi connectivity index (χ0n) is 14.9. The molecule has 7 nitrogen and oxygen atoms in total. The van der Waals surface area contributed by atoms with Crippen molar-refractivity contribution in [1.29, 1.82) is 0 Å². The van der Waals surface area contributed by atoms with Crippen LogP contribution in [0.1, 0.15) is 16.8 Å². The first-order valence-corrected chi connectivity index (χ1v) is 9.27. The molecule has 1 N–H and O–H groups in total. The Kier molecular flexibility index (Phi) is 4.26. The van der Waals surface area contributed by atoms with E-state index in [4.69, 9.17) is 4.98 Å². The molecule has 0 radical (unpaired) electrons. The van der Waals surface area contributed by atoms with Crippen molar-refractivity contribution in [2.75, 3.05) is 18.8 Å². The highest BCUT2D eigenvalue weighted by molar-refractivity contribution is 7.90. The summed E-state index contributed by atoms with van der Waals surface area (Å²) in [5, 5.41) is 5.48. The molecule has 1 aromatic carbocycles. The van der Waals surface area contributed by atoms with Gasteiger partial charge in [0, 0.05) is 25.5 Å². The summed E-state index contributed by atoms with van der Waals surface area (Å²) < 4.78 is 29.5. The van der Waals surface area contributed by atoms with Gasteiger partial charge < -0.3 is 0 Å². The molecule has 0 amide bonds. The maximum absolute atomic E-state index is 12.2. The SMILES string of the molecule is Cc1cc(NS(=O)(=O)N(C)C)n(-c2cc(C)c3cccc(C)c3n2)n1. The topological polar surface area (TPSA) is 80.1 Å². The van der Waals surface area contributed by atoms with Crippen LogP contribution in [0.4, 0.5) is 5.82 Å². The Labute approximate surface area is 147 Å². The van der Waals surface area contributed by atoms with Crippen LogP contribution < -0.4 is 4.72 Å². The molecule has 25 heavy (non-hydrogen) atoms. The minimum Gasteiger partial charge on any atom is -0.254 e. The molecule has 0 spiro atoms. The molecular formula is C17H21N5O2S. The standard InChI is InChI=1S/C17H21N5O2S/c1-11-7-6-8-14-12(2)9-15(18-17(11)14)22-16(10-13(3)19-22)20-25(23,24)21(4)5/h6-10,20H,1-5H3. The molecule has 3 rings (SSSR count). The summed E-state index contributed by atoms with van der Waals surface area (Å²) in [4.78, 5) is 4.71. The number of rotatable bonds is 4. The molecule has 0 saturated carbocycles. The summed E-state index contributed by atoms with van der Waals surface area (Å²) in [6, 6.07) is 9.61. The van der Waals surface area contributed by atoms with Gasteiger partial charge in [-0.1, -0.05) is 18.2 Å². The van der Waals surface area contributed by atoms with Gasteiger partial charge in [-0.3, -0.25) is 4.72 Å². The lowest BCUT2D eigenvalue weighted by Gasteiger charge is -2.15. The van der Waals surface area contributed by atoms with E-state index in [1.165, 1.54) is 18.8 Å². The van der Waals surface area contributed by atoms with Crippen molar-refractivity contribution in [3.63, 3.8) is 0 Å². The summed E-state index contributed by atoms with van der Waals surface area (Å²) in [5.74, 6) is 0.926. The Bertz CT molecular complexity index is 1050. The Morgan fingerprint density at radius 3 is 2.48 bits per heavy atom. The Balaban J connectivity index is 2.18. The fourth-order valence-electron chi connectivity index (χ4n) is 2.62. The molecule has 0 saturated heterocycles. The van der Waals surface area contributed by atoms with Crippen LogP contribution in [0.15, 0.2) is 30.3 Å². The number of pyridine rings is 1. The van der Waals surface area contributed by atoms with Crippen LogP contribution in [0.25, 0.3) is 16.7 Å². The van der Waals surface area contributed by atoms with Crippen LogP contribution in [0.2, 0.25) is 0 Å². The van der Waals surface area contributed by atoms with Crippen molar-refractivity contribution in [2.24, 2.45) is 0 Å². The van der Waals surface area contributed by atoms with Crippen LogP contribution in [0, 0.1) is 20.8 Å². The fraction of sp³-hybridized carbons (Fsp3) is 0.294. The van der Waals surface area contributed by atoms with E-state index in [9.17, 15) is 8.42 Å². The minimum absolute atomic E-state index is 0.353. The number of nitrogens with zero attached hydrogens (tertiary/aromatic N) is 4. The van der Waals surface area contributed by atoms with E-state index in [1.807, 2.05) is 45.0 Å². The Hall–Kier alpha value is -2.45. The van der Waals surface area contributed by atoms with Crippen LogP contribution in [-0.2, 0) is 10.2 Å². The van der Waals surface area contributed by atoms with Crippen molar-refractivity contribution in [2.45, 2.75) is 20.8 Å². The van der Waals surface area contributed by atoms with E-state index in [0.717, 1.165) is 26.3 Å². The monoisotopic (exact) mass is 359 g/mol. The first-order valence-electron chi connectivity index (χ1n) is 7.83. The summed E-state index contributed by atoms with van der Waals surface area (Å²) in [7, 11) is -0.695. The van der Waals surface area contributed by atoms with Gasteiger partial charge in [0.05, 0.1) is 11.2 Å². The lowest BCUT2D eigenvalue weighted by molar-refractivity contribution is 0.526. The number of benzene rings is 1. The third-order valence-corrected chi connectivity index (χ3v) is 5.43. The quantitative estimate of drug-likeness (QED) is 0.776. The third kappa shape index (κ3) is 3.22. The molecule has 0 aliphatic carbocycles. The molecule has 2 heterocycles. The Morgan fingerprint density at radius 1 is 1.08 bits per heavy atom. The predicted molar refractivity (Wildman–Crippen MR) is 99.3 cm³/mol. The first-order chi connectivity index (χ1) is 11.7. The third-order valence-electron chi connectivity index (χ3n) is 4.00. The van der Waals surface area contributed by atoms with E-state index in [2.05, 4.69) is 9.82 Å². The van der Waals surface area contributed by atoms with Crippen LogP contribution in [0.5, 0.6) is 0 Å². The summed E-state index contributed by atoms with van der Waals surface area (Å²) in [6.07, 6.45) is 0. The van der Waals surface area contributed by atoms with Gasteiger partial charge >= 0.3 is 10.2 Å². The highest BCUT2D eigenvalue weighted by atomic mass is 32.2. The second kappa shape index (κ2) is 6.12. The normalized spacial score (nSPS) is 12.1. The largest absolute Gasteiger partial charge is 0.302 e. The van der Waals surface area contributed by atoms with E-state index >= 15 is 0 Å². The zero-order chi connectivity index (χ0) is 18.4. The highest BCUT2D eigenvalue weighted by Gasteiger charge is 2.18. The molecule has 0 atom stereocenters. The van der Waals surface area contributed by atoms with Gasteiger partial charge in [-0.05, 0) is 38.0 Å². The summed E-state index contributed by atoms with van der Waals surface area (Å²) in [6.45, 7) is 5.82. The summed E-state index contributed by atoms with van der Waals surface area (Å²) in [5.41, 5.74) is 3.69. The maximum Gasteiger partial charge on any atom is 0.302 e. The van der Waals surface area contributed by atoms with Gasteiger partial charge in [-0.2, -0.15) is 22.5 Å². The number of nitrogens with one attached hydrogen (secondary N) is 1. The van der Waals surface area contributed by atoms with E-state index in [-0.39, 0.29) is 0 Å². The minimum atomic E-state index is -3.63. The van der Waals surface area contributed by atoms with E-state index < -0.39 is 10.2 Å². The van der Waals surface area contributed by atoms with Crippen molar-refractivity contribution in [3.8, 4) is 5.82 Å². The molecule has 8 heteroatoms. The number of anilines is 1. The number of para-hydroxylation sites is 1.